The predicted molar refractivity (Wildman–Crippen MR) is 31.4 cm³/mol. The van der Waals surface area contributed by atoms with Crippen LogP contribution in [0.1, 0.15) is 0 Å². The molecular weight excluding hydrogens is 213 g/mol. The second kappa shape index (κ2) is 18.1. The third-order valence-electron chi connectivity index (χ3n) is 0. The van der Waals surface area contributed by atoms with E-state index in [9.17, 15) is 0 Å². The van der Waals surface area contributed by atoms with Gasteiger partial charge in [0.2, 0.25) is 0 Å². The average molecular weight is 218 g/mol. The van der Waals surface area contributed by atoms with Crippen molar-refractivity contribution < 1.29 is 83.4 Å². The summed E-state index contributed by atoms with van der Waals surface area (Å²) in [6, 6.07) is 0. The Bertz CT molecular complexity index is 98.1. The van der Waals surface area contributed by atoms with Crippen molar-refractivity contribution in [1.29, 1.82) is 0 Å². The second-order valence-corrected chi connectivity index (χ2v) is 2.45. The van der Waals surface area contributed by atoms with Crippen molar-refractivity contribution in [1.82, 2.24) is 0 Å². The van der Waals surface area contributed by atoms with Gasteiger partial charge in [0.05, 0.1) is 0 Å². The molecule has 0 heterocycles. The van der Waals surface area contributed by atoms with E-state index < -0.39 is 9.05 Å². The molecule has 4 N–H and O–H groups in total. The van der Waals surface area contributed by atoms with Gasteiger partial charge in [0.1, 0.15) is 0 Å². The maximum atomic E-state index is 8.89. The minimum absolute atomic E-state index is 0. The summed E-state index contributed by atoms with van der Waals surface area (Å²) in [6.45, 7) is 0. The summed E-state index contributed by atoms with van der Waals surface area (Å²) in [6.07, 6.45) is 0. The quantitative estimate of drug-likeness (QED) is 0.374. The Morgan fingerprint density at radius 1 is 1.10 bits per heavy atom. The van der Waals surface area contributed by atoms with Crippen LogP contribution >= 0.6 is 0 Å². The van der Waals surface area contributed by atoms with Crippen LogP contribution < -0.4 is 59.1 Å². The zero-order valence-corrected chi connectivity index (χ0v) is 10.7. The standard InChI is InChI=1S/3Na.H2O3S2.2H2O.H/c;;;1-5(2,3)4;;;/h;;;(H2,1,2,3,4);2*1H2;/q;2*+1;;;;/p-2. The van der Waals surface area contributed by atoms with Crippen LogP contribution in [0, 0.1) is 0 Å². The Labute approximate surface area is 131 Å². The van der Waals surface area contributed by atoms with Gasteiger partial charge in [0, 0.05) is 0 Å². The molecule has 0 bridgehead atoms. The molecule has 0 aliphatic heterocycles. The summed E-state index contributed by atoms with van der Waals surface area (Å²) in [5, 5.41) is 0. The molecule has 0 rings (SSSR count). The normalized spacial score (nSPS) is 5.80. The number of rotatable bonds is 0. The van der Waals surface area contributed by atoms with E-state index in [1.165, 1.54) is 0 Å². The molecule has 0 amide bonds. The first-order chi connectivity index (χ1) is 2.00. The molecule has 10 heteroatoms. The average Bonchev–Trinajstić information content (AvgIpc) is 0.722. The molecule has 0 atom stereocenters. The van der Waals surface area contributed by atoms with Gasteiger partial charge in [-0.15, -0.1) is 9.05 Å². The van der Waals surface area contributed by atoms with Gasteiger partial charge < -0.3 is 20.1 Å². The van der Waals surface area contributed by atoms with E-state index >= 15 is 0 Å². The number of hydrogen-bond acceptors (Lipinski definition) is 4. The van der Waals surface area contributed by atoms with Gasteiger partial charge in [0.25, 0.3) is 0 Å². The van der Waals surface area contributed by atoms with Crippen LogP contribution in [-0.2, 0) is 20.2 Å². The molecule has 0 saturated carbocycles. The molecule has 0 aromatic carbocycles. The summed E-state index contributed by atoms with van der Waals surface area (Å²) in [4.78, 5) is 0. The molecule has 0 unspecified atom stereocenters. The van der Waals surface area contributed by atoms with Crippen molar-refractivity contribution in [3.05, 3.63) is 0 Å². The Hall–Kier alpha value is 3.21. The molecule has 0 spiro atoms. The fourth-order valence-corrected chi connectivity index (χ4v) is 0. The summed E-state index contributed by atoms with van der Waals surface area (Å²) in [7, 11) is -4.33. The van der Waals surface area contributed by atoms with Crippen LogP contribution in [0.3, 0.4) is 0 Å². The zero-order valence-electron chi connectivity index (χ0n) is 5.04. The molecule has 0 aliphatic rings. The predicted octanol–water partition coefficient (Wildman–Crippen LogP) is -9.30. The van der Waals surface area contributed by atoms with Gasteiger partial charge in [-0.1, -0.05) is 0 Å². The summed E-state index contributed by atoms with van der Waals surface area (Å²) in [5.74, 6) is 0. The fraction of sp³-hybridized carbons (Fsp3) is 0. The van der Waals surface area contributed by atoms with Crippen LogP contribution in [0.4, 0.5) is 0 Å². The molecule has 5 nitrogen and oxygen atoms in total. The van der Waals surface area contributed by atoms with E-state index in [0.717, 1.165) is 0 Å². The molecule has 0 saturated heterocycles. The molecule has 10 heavy (non-hydrogen) atoms. The summed E-state index contributed by atoms with van der Waals surface area (Å²) >= 11 is 3.24. The Balaban J connectivity index is -0.00000000800. The maximum absolute atomic E-state index is 8.89. The van der Waals surface area contributed by atoms with Crippen molar-refractivity contribution in [2.75, 3.05) is 0 Å². The van der Waals surface area contributed by atoms with Crippen molar-refractivity contribution >= 4 is 49.8 Å². The van der Waals surface area contributed by atoms with Crippen LogP contribution in [0.2, 0.25) is 0 Å². The van der Waals surface area contributed by atoms with Gasteiger partial charge in [0.15, 0.2) is 0 Å². The van der Waals surface area contributed by atoms with Crippen molar-refractivity contribution in [2.45, 2.75) is 0 Å². The van der Waals surface area contributed by atoms with Gasteiger partial charge in [-0.3, -0.25) is 4.21 Å². The first-order valence-electron chi connectivity index (χ1n) is 0.667. The van der Waals surface area contributed by atoms with Gasteiger partial charge in [-0.05, 0) is 11.2 Å². The number of hydrogen-bond donors (Lipinski definition) is 0. The first-order valence-corrected chi connectivity index (χ1v) is 3.00. The van der Waals surface area contributed by atoms with Gasteiger partial charge >= 0.3 is 88.7 Å². The molecular formula is H5Na3O5S2. The van der Waals surface area contributed by atoms with E-state index in [2.05, 4.69) is 11.2 Å². The van der Waals surface area contributed by atoms with E-state index in [-0.39, 0.29) is 99.6 Å². The summed E-state index contributed by atoms with van der Waals surface area (Å²) < 4.78 is 26.7. The van der Waals surface area contributed by atoms with E-state index in [4.69, 9.17) is 13.3 Å². The summed E-state index contributed by atoms with van der Waals surface area (Å²) in [5.41, 5.74) is 0. The molecule has 0 aromatic heterocycles. The SMILES string of the molecule is O.O.O=S([O-])([O-])=S.[Na+].[Na+].[NaH]. The third-order valence-corrected chi connectivity index (χ3v) is 0. The van der Waals surface area contributed by atoms with E-state index in [1.807, 2.05) is 0 Å². The Morgan fingerprint density at radius 2 is 1.10 bits per heavy atom. The molecule has 0 aromatic rings. The van der Waals surface area contributed by atoms with Crippen molar-refractivity contribution in [3.63, 3.8) is 0 Å². The topological polar surface area (TPSA) is 126 Å². The van der Waals surface area contributed by atoms with E-state index in [0.29, 0.717) is 0 Å². The van der Waals surface area contributed by atoms with E-state index in [1.54, 1.807) is 0 Å². The van der Waals surface area contributed by atoms with Gasteiger partial charge in [-0.2, -0.15) is 0 Å². The Morgan fingerprint density at radius 3 is 1.10 bits per heavy atom. The fourth-order valence-electron chi connectivity index (χ4n) is 0. The monoisotopic (exact) mass is 218 g/mol. The van der Waals surface area contributed by atoms with Crippen LogP contribution in [0.15, 0.2) is 0 Å². The first kappa shape index (κ1) is 37.9. The molecule has 0 aliphatic carbocycles. The van der Waals surface area contributed by atoms with Gasteiger partial charge in [-0.25, -0.2) is 0 Å². The molecule has 0 radical (unpaired) electrons. The minimum atomic E-state index is -4.33. The molecule has 0 fully saturated rings. The van der Waals surface area contributed by atoms with Crippen LogP contribution in [0.25, 0.3) is 0 Å². The van der Waals surface area contributed by atoms with Crippen molar-refractivity contribution in [3.8, 4) is 0 Å². The second-order valence-electron chi connectivity index (χ2n) is 0.408. The van der Waals surface area contributed by atoms with Crippen LogP contribution in [0.5, 0.6) is 0 Å². The molecule has 50 valence electrons. The van der Waals surface area contributed by atoms with Crippen LogP contribution in [-0.4, -0.2) is 53.8 Å². The Kier molecular flexibility index (Phi) is 68.5. The third kappa shape index (κ3) is 113. The zero-order chi connectivity index (χ0) is 4.50. The van der Waals surface area contributed by atoms with Crippen molar-refractivity contribution in [2.24, 2.45) is 0 Å².